The molecule has 2 aliphatic rings. The first kappa shape index (κ1) is 30.4. The Kier molecular flexibility index (Phi) is 10.2. The minimum atomic E-state index is -0.724. The zero-order valence-corrected chi connectivity index (χ0v) is 24.9. The molecule has 1 aromatic carbocycles. The van der Waals surface area contributed by atoms with Gasteiger partial charge in [0.15, 0.2) is 5.69 Å². The predicted molar refractivity (Wildman–Crippen MR) is 162 cm³/mol. The summed E-state index contributed by atoms with van der Waals surface area (Å²) in [6.07, 6.45) is 8.89. The van der Waals surface area contributed by atoms with E-state index in [9.17, 15) is 14.4 Å². The van der Waals surface area contributed by atoms with E-state index in [1.165, 1.54) is 6.20 Å². The van der Waals surface area contributed by atoms with Crippen LogP contribution < -0.4 is 11.1 Å². The summed E-state index contributed by atoms with van der Waals surface area (Å²) in [5.41, 5.74) is 7.66. The van der Waals surface area contributed by atoms with Crippen LogP contribution in [0.2, 0.25) is 0 Å². The summed E-state index contributed by atoms with van der Waals surface area (Å²) in [7, 11) is 0. The van der Waals surface area contributed by atoms with Crippen molar-refractivity contribution in [3.63, 3.8) is 0 Å². The van der Waals surface area contributed by atoms with Crippen LogP contribution >= 0.6 is 0 Å². The molecule has 10 heteroatoms. The van der Waals surface area contributed by atoms with Crippen molar-refractivity contribution in [2.24, 2.45) is 17.6 Å². The largest absolute Gasteiger partial charge is 0.361 e. The summed E-state index contributed by atoms with van der Waals surface area (Å²) in [5.74, 6) is 0.862. The molecule has 43 heavy (non-hydrogen) atoms. The number of piperidine rings is 1. The number of nitrogens with zero attached hydrogens (tertiary/aromatic N) is 4. The normalized spacial score (nSPS) is 22.1. The van der Waals surface area contributed by atoms with Crippen molar-refractivity contribution in [2.45, 2.75) is 64.0 Å². The van der Waals surface area contributed by atoms with E-state index in [0.29, 0.717) is 68.6 Å². The molecule has 2 aromatic heterocycles. The van der Waals surface area contributed by atoms with Crippen LogP contribution in [0.1, 0.15) is 70.7 Å². The number of nitrogens with two attached hydrogens (primary N) is 1. The van der Waals surface area contributed by atoms with Crippen molar-refractivity contribution in [1.82, 2.24) is 25.3 Å². The molecule has 2 atom stereocenters. The second-order valence-corrected chi connectivity index (χ2v) is 11.9. The fourth-order valence-corrected chi connectivity index (χ4v) is 6.37. The van der Waals surface area contributed by atoms with Crippen molar-refractivity contribution in [1.29, 1.82) is 0 Å². The average Bonchev–Trinajstić information content (AvgIpc) is 3.50. The molecule has 1 aliphatic heterocycles. The van der Waals surface area contributed by atoms with Gasteiger partial charge in [0.05, 0.1) is 5.56 Å². The van der Waals surface area contributed by atoms with Gasteiger partial charge < -0.3 is 25.4 Å². The number of benzene rings is 1. The lowest BCUT2D eigenvalue weighted by Gasteiger charge is -2.43. The van der Waals surface area contributed by atoms with Gasteiger partial charge in [0.25, 0.3) is 11.8 Å². The third kappa shape index (κ3) is 7.67. The summed E-state index contributed by atoms with van der Waals surface area (Å²) in [6, 6.07) is 14.1. The lowest BCUT2D eigenvalue weighted by molar-refractivity contribution is -0.127. The Morgan fingerprint density at radius 1 is 1.05 bits per heavy atom. The molecule has 228 valence electrons. The van der Waals surface area contributed by atoms with Crippen LogP contribution in [0.3, 0.4) is 0 Å². The molecule has 0 spiro atoms. The summed E-state index contributed by atoms with van der Waals surface area (Å²) in [4.78, 5) is 48.8. The number of carbonyl (C=O) groups is 3. The van der Waals surface area contributed by atoms with Gasteiger partial charge in [-0.25, -0.2) is 0 Å². The van der Waals surface area contributed by atoms with E-state index >= 15 is 0 Å². The molecule has 3 heterocycles. The lowest BCUT2D eigenvalue weighted by atomic mass is 9.82. The van der Waals surface area contributed by atoms with Crippen LogP contribution in [0.15, 0.2) is 65.4 Å². The number of carbonyl (C=O) groups excluding carboxylic acids is 3. The van der Waals surface area contributed by atoms with Gasteiger partial charge in [-0.15, -0.1) is 0 Å². The van der Waals surface area contributed by atoms with Crippen molar-refractivity contribution in [3.8, 4) is 0 Å². The maximum absolute atomic E-state index is 13.8. The molecule has 0 radical (unpaired) electrons. The van der Waals surface area contributed by atoms with E-state index in [4.69, 9.17) is 10.3 Å². The van der Waals surface area contributed by atoms with Crippen molar-refractivity contribution in [3.05, 3.63) is 83.5 Å². The number of likely N-dealkylation sites (tertiary alicyclic amines) is 1. The van der Waals surface area contributed by atoms with Crippen LogP contribution in [-0.2, 0) is 11.2 Å². The van der Waals surface area contributed by atoms with Gasteiger partial charge in [-0.1, -0.05) is 35.5 Å². The molecule has 1 aliphatic carbocycles. The highest BCUT2D eigenvalue weighted by atomic mass is 16.5. The zero-order valence-electron chi connectivity index (χ0n) is 24.9. The van der Waals surface area contributed by atoms with Crippen LogP contribution in [0.25, 0.3) is 0 Å². The molecular formula is C33H42N6O4. The smallest absolute Gasteiger partial charge is 0.276 e. The number of aromatic nitrogens is 2. The lowest BCUT2D eigenvalue weighted by Crippen LogP contribution is -2.58. The van der Waals surface area contributed by atoms with E-state index in [-0.39, 0.29) is 29.5 Å². The topological polar surface area (TPSA) is 135 Å². The molecule has 5 rings (SSSR count). The fraction of sp³-hybridized carbons (Fsp3) is 0.485. The van der Waals surface area contributed by atoms with E-state index in [0.717, 1.165) is 31.2 Å². The molecule has 1 saturated heterocycles. The van der Waals surface area contributed by atoms with Crippen LogP contribution in [0, 0.1) is 18.8 Å². The Morgan fingerprint density at radius 2 is 1.81 bits per heavy atom. The summed E-state index contributed by atoms with van der Waals surface area (Å²) in [6.45, 7) is 3.83. The van der Waals surface area contributed by atoms with Crippen LogP contribution in [0.5, 0.6) is 0 Å². The molecule has 1 saturated carbocycles. The molecule has 1 unspecified atom stereocenters. The van der Waals surface area contributed by atoms with Gasteiger partial charge in [-0.3, -0.25) is 19.4 Å². The number of amides is 3. The standard InChI is InChI=1S/C33H42N6O4/c1-23-18-29(37-43-23)33(42)38(16-13-24-6-3-2-4-7-24)28-14-17-39(32(41)27-8-5-15-35-22-27)30(19-28)31(40)36-21-26-11-9-25(20-34)10-12-26/h2-8,15,18,22,25-26,28,30H,9-14,16-17,19-21,34H2,1H3,(H,36,40)/t25?,26?,28?,30-/m1/s1. The molecule has 3 N–H and O–H groups in total. The molecule has 0 bridgehead atoms. The van der Waals surface area contributed by atoms with Crippen molar-refractivity contribution >= 4 is 17.7 Å². The fourth-order valence-electron chi connectivity index (χ4n) is 6.37. The maximum atomic E-state index is 13.8. The molecular weight excluding hydrogens is 544 g/mol. The highest BCUT2D eigenvalue weighted by molar-refractivity contribution is 5.97. The van der Waals surface area contributed by atoms with Crippen LogP contribution in [-0.4, -0.2) is 75.9 Å². The van der Waals surface area contributed by atoms with Crippen LogP contribution in [0.4, 0.5) is 0 Å². The van der Waals surface area contributed by atoms with E-state index in [1.807, 2.05) is 35.2 Å². The average molecular weight is 587 g/mol. The number of hydrogen-bond donors (Lipinski definition) is 2. The molecule has 10 nitrogen and oxygen atoms in total. The summed E-state index contributed by atoms with van der Waals surface area (Å²) >= 11 is 0. The highest BCUT2D eigenvalue weighted by Crippen LogP contribution is 2.29. The van der Waals surface area contributed by atoms with E-state index < -0.39 is 6.04 Å². The molecule has 3 amide bonds. The van der Waals surface area contributed by atoms with E-state index in [1.54, 1.807) is 36.2 Å². The van der Waals surface area contributed by atoms with Gasteiger partial charge in [-0.05, 0) is 87.9 Å². The van der Waals surface area contributed by atoms with Crippen molar-refractivity contribution in [2.75, 3.05) is 26.2 Å². The Balaban J connectivity index is 1.35. The Hall–Kier alpha value is -4.05. The number of aryl methyl sites for hydroxylation is 1. The maximum Gasteiger partial charge on any atom is 0.276 e. The Morgan fingerprint density at radius 3 is 2.49 bits per heavy atom. The minimum absolute atomic E-state index is 0.185. The number of hydrogen-bond acceptors (Lipinski definition) is 7. The highest BCUT2D eigenvalue weighted by Gasteiger charge is 2.40. The summed E-state index contributed by atoms with van der Waals surface area (Å²) < 4.78 is 5.22. The number of pyridine rings is 1. The second-order valence-electron chi connectivity index (χ2n) is 11.9. The van der Waals surface area contributed by atoms with Gasteiger partial charge in [0.1, 0.15) is 11.8 Å². The molecule has 2 fully saturated rings. The number of nitrogens with one attached hydrogen (secondary N) is 1. The first-order chi connectivity index (χ1) is 20.9. The predicted octanol–water partition coefficient (Wildman–Crippen LogP) is 3.62. The third-order valence-electron chi connectivity index (χ3n) is 8.94. The zero-order chi connectivity index (χ0) is 30.2. The van der Waals surface area contributed by atoms with Gasteiger partial charge in [0, 0.05) is 44.1 Å². The second kappa shape index (κ2) is 14.4. The molecule has 3 aromatic rings. The van der Waals surface area contributed by atoms with Gasteiger partial charge >= 0.3 is 0 Å². The monoisotopic (exact) mass is 586 g/mol. The quantitative estimate of drug-likeness (QED) is 0.371. The SMILES string of the molecule is Cc1cc(C(=O)N(CCc2ccccc2)C2CCN(C(=O)c3cccnc3)[C@@H](C(=O)NCC3CCC(CN)CC3)C2)no1. The number of rotatable bonds is 10. The minimum Gasteiger partial charge on any atom is -0.361 e. The van der Waals surface area contributed by atoms with E-state index in [2.05, 4.69) is 15.5 Å². The van der Waals surface area contributed by atoms with Gasteiger partial charge in [0.2, 0.25) is 5.91 Å². The third-order valence-corrected chi connectivity index (χ3v) is 8.94. The first-order valence-corrected chi connectivity index (χ1v) is 15.4. The van der Waals surface area contributed by atoms with Crippen molar-refractivity contribution < 1.29 is 18.9 Å². The Bertz CT molecular complexity index is 1360. The first-order valence-electron chi connectivity index (χ1n) is 15.4. The summed E-state index contributed by atoms with van der Waals surface area (Å²) in [5, 5.41) is 7.15. The Labute approximate surface area is 253 Å². The van der Waals surface area contributed by atoms with Gasteiger partial charge in [-0.2, -0.15) is 0 Å².